The number of carbonyl (C=O) groups is 1. The van der Waals surface area contributed by atoms with Crippen LogP contribution in [0.4, 0.5) is 0 Å². The molecule has 3 aromatic rings. The number of amides is 1. The minimum Gasteiger partial charge on any atom is -0.506 e. The summed E-state index contributed by atoms with van der Waals surface area (Å²) < 4.78 is 0.815. The van der Waals surface area contributed by atoms with Gasteiger partial charge in [-0.05, 0) is 35.9 Å². The van der Waals surface area contributed by atoms with Crippen molar-refractivity contribution in [1.82, 2.24) is 5.32 Å². The first-order valence-corrected chi connectivity index (χ1v) is 8.05. The van der Waals surface area contributed by atoms with Crippen molar-refractivity contribution in [2.75, 3.05) is 0 Å². The lowest BCUT2D eigenvalue weighted by molar-refractivity contribution is 0.0953. The first kappa shape index (κ1) is 15.2. The number of carbonyl (C=O) groups excluding carboxylic acids is 1. The molecule has 2 N–H and O–H groups in total. The van der Waals surface area contributed by atoms with Crippen molar-refractivity contribution in [3.63, 3.8) is 0 Å². The van der Waals surface area contributed by atoms with Crippen LogP contribution < -0.4 is 5.32 Å². The highest BCUT2D eigenvalue weighted by molar-refractivity contribution is 7.21. The molecular formula is C16H11Cl2NO2S. The molecule has 0 saturated heterocycles. The zero-order valence-corrected chi connectivity index (χ0v) is 13.6. The van der Waals surface area contributed by atoms with E-state index in [1.165, 1.54) is 11.3 Å². The van der Waals surface area contributed by atoms with Crippen molar-refractivity contribution in [3.05, 3.63) is 63.0 Å². The summed E-state index contributed by atoms with van der Waals surface area (Å²) in [5, 5.41) is 14.7. The maximum Gasteiger partial charge on any atom is 0.265 e. The van der Waals surface area contributed by atoms with Gasteiger partial charge < -0.3 is 10.4 Å². The molecule has 0 saturated carbocycles. The van der Waals surface area contributed by atoms with Gasteiger partial charge in [-0.1, -0.05) is 35.3 Å². The molecule has 3 rings (SSSR count). The second-order valence-corrected chi connectivity index (χ2v) is 6.66. The summed E-state index contributed by atoms with van der Waals surface area (Å²) in [6.45, 7) is 0.341. The fourth-order valence-corrected chi connectivity index (χ4v) is 3.50. The van der Waals surface area contributed by atoms with E-state index < -0.39 is 0 Å². The molecule has 0 aliphatic rings. The van der Waals surface area contributed by atoms with Crippen LogP contribution in [0.15, 0.2) is 42.5 Å². The quantitative estimate of drug-likeness (QED) is 0.708. The molecule has 112 valence electrons. The molecule has 1 amide bonds. The topological polar surface area (TPSA) is 49.3 Å². The van der Waals surface area contributed by atoms with E-state index in [9.17, 15) is 9.90 Å². The van der Waals surface area contributed by atoms with Crippen LogP contribution in [0, 0.1) is 0 Å². The summed E-state index contributed by atoms with van der Waals surface area (Å²) in [6, 6.07) is 12.4. The van der Waals surface area contributed by atoms with E-state index in [0.29, 0.717) is 22.0 Å². The molecule has 6 heteroatoms. The third kappa shape index (κ3) is 3.04. The summed E-state index contributed by atoms with van der Waals surface area (Å²) in [5.41, 5.74) is 0.893. The lowest BCUT2D eigenvalue weighted by atomic mass is 10.2. The number of halogens is 2. The molecule has 0 radical (unpaired) electrons. The van der Waals surface area contributed by atoms with Crippen molar-refractivity contribution in [2.24, 2.45) is 0 Å². The van der Waals surface area contributed by atoms with Crippen molar-refractivity contribution in [1.29, 1.82) is 0 Å². The number of thiophene rings is 1. The van der Waals surface area contributed by atoms with Crippen LogP contribution in [0.3, 0.4) is 0 Å². The maximum atomic E-state index is 12.3. The molecule has 0 aliphatic carbocycles. The van der Waals surface area contributed by atoms with Crippen molar-refractivity contribution < 1.29 is 9.90 Å². The van der Waals surface area contributed by atoms with E-state index in [4.69, 9.17) is 23.2 Å². The molecule has 2 aromatic carbocycles. The number of fused-ring (bicyclic) bond motifs is 1. The Kier molecular flexibility index (Phi) is 4.25. The van der Waals surface area contributed by atoms with Crippen LogP contribution in [0.25, 0.3) is 10.1 Å². The number of nitrogens with one attached hydrogen (secondary N) is 1. The van der Waals surface area contributed by atoms with E-state index in [-0.39, 0.29) is 16.5 Å². The fraction of sp³-hybridized carbons (Fsp3) is 0.0625. The lowest BCUT2D eigenvalue weighted by Crippen LogP contribution is -2.21. The highest BCUT2D eigenvalue weighted by Crippen LogP contribution is 2.38. The predicted molar refractivity (Wildman–Crippen MR) is 91.1 cm³/mol. The van der Waals surface area contributed by atoms with E-state index in [2.05, 4.69) is 5.32 Å². The van der Waals surface area contributed by atoms with E-state index in [0.717, 1.165) is 10.3 Å². The highest BCUT2D eigenvalue weighted by atomic mass is 35.5. The van der Waals surface area contributed by atoms with E-state index in [1.54, 1.807) is 30.3 Å². The lowest BCUT2D eigenvalue weighted by Gasteiger charge is -2.04. The molecule has 0 atom stereocenters. The van der Waals surface area contributed by atoms with E-state index in [1.807, 2.05) is 12.1 Å². The van der Waals surface area contributed by atoms with Gasteiger partial charge in [0, 0.05) is 26.7 Å². The van der Waals surface area contributed by atoms with E-state index >= 15 is 0 Å². The normalized spacial score (nSPS) is 10.8. The van der Waals surface area contributed by atoms with Crippen molar-refractivity contribution in [3.8, 4) is 5.75 Å². The zero-order chi connectivity index (χ0) is 15.7. The van der Waals surface area contributed by atoms with Gasteiger partial charge in [-0.15, -0.1) is 11.3 Å². The van der Waals surface area contributed by atoms with Gasteiger partial charge in [-0.25, -0.2) is 0 Å². The van der Waals surface area contributed by atoms with Gasteiger partial charge in [-0.3, -0.25) is 4.79 Å². The second kappa shape index (κ2) is 6.16. The first-order chi connectivity index (χ1) is 10.5. The predicted octanol–water partition coefficient (Wildman–Crippen LogP) is 4.84. The first-order valence-electron chi connectivity index (χ1n) is 6.48. The molecule has 0 fully saturated rings. The summed E-state index contributed by atoms with van der Waals surface area (Å²) in [5.74, 6) is -0.360. The van der Waals surface area contributed by atoms with Crippen LogP contribution >= 0.6 is 34.5 Å². The van der Waals surface area contributed by atoms with Gasteiger partial charge in [0.2, 0.25) is 0 Å². The molecule has 22 heavy (non-hydrogen) atoms. The Morgan fingerprint density at radius 3 is 2.68 bits per heavy atom. The maximum absolute atomic E-state index is 12.3. The smallest absolute Gasteiger partial charge is 0.265 e. The molecule has 3 nitrogen and oxygen atoms in total. The second-order valence-electron chi connectivity index (χ2n) is 4.73. The largest absolute Gasteiger partial charge is 0.506 e. The van der Waals surface area contributed by atoms with Crippen LogP contribution in [-0.4, -0.2) is 11.0 Å². The highest BCUT2D eigenvalue weighted by Gasteiger charge is 2.18. The van der Waals surface area contributed by atoms with Crippen LogP contribution in [0.1, 0.15) is 15.2 Å². The summed E-state index contributed by atoms with van der Waals surface area (Å²) in [6.07, 6.45) is 0. The Morgan fingerprint density at radius 2 is 1.91 bits per heavy atom. The van der Waals surface area contributed by atoms with Gasteiger partial charge in [0.05, 0.1) is 0 Å². The minimum absolute atomic E-state index is 0.0360. The van der Waals surface area contributed by atoms with Crippen molar-refractivity contribution >= 4 is 50.5 Å². The van der Waals surface area contributed by atoms with Crippen molar-refractivity contribution in [2.45, 2.75) is 6.54 Å². The van der Waals surface area contributed by atoms with Gasteiger partial charge in [0.25, 0.3) is 5.91 Å². The van der Waals surface area contributed by atoms with Gasteiger partial charge in [0.15, 0.2) is 0 Å². The SMILES string of the molecule is O=C(NCc1cccc(Cl)c1)c1sc2ccc(Cl)cc2c1O. The zero-order valence-electron chi connectivity index (χ0n) is 11.3. The minimum atomic E-state index is -0.324. The molecule has 1 aromatic heterocycles. The summed E-state index contributed by atoms with van der Waals surface area (Å²) in [7, 11) is 0. The Morgan fingerprint density at radius 1 is 1.14 bits per heavy atom. The van der Waals surface area contributed by atoms with Gasteiger partial charge in [-0.2, -0.15) is 0 Å². The van der Waals surface area contributed by atoms with Gasteiger partial charge in [0.1, 0.15) is 10.6 Å². The third-order valence-electron chi connectivity index (χ3n) is 3.17. The number of aromatic hydroxyl groups is 1. The summed E-state index contributed by atoms with van der Waals surface area (Å²) >= 11 is 13.1. The Balaban J connectivity index is 1.82. The third-order valence-corrected chi connectivity index (χ3v) is 4.80. The van der Waals surface area contributed by atoms with Gasteiger partial charge >= 0.3 is 0 Å². The number of hydrogen-bond acceptors (Lipinski definition) is 3. The number of rotatable bonds is 3. The Bertz CT molecular complexity index is 860. The number of hydrogen-bond donors (Lipinski definition) is 2. The molecule has 0 aliphatic heterocycles. The average molecular weight is 352 g/mol. The monoisotopic (exact) mass is 351 g/mol. The molecule has 1 heterocycles. The van der Waals surface area contributed by atoms with Crippen LogP contribution in [-0.2, 0) is 6.54 Å². The summed E-state index contributed by atoms with van der Waals surface area (Å²) in [4.78, 5) is 12.5. The average Bonchev–Trinajstić information content (AvgIpc) is 2.82. The Labute approximate surface area is 141 Å². The standard InChI is InChI=1S/C16H11Cl2NO2S/c17-10-3-1-2-9(6-10)8-19-16(21)15-14(20)12-7-11(18)4-5-13(12)22-15/h1-7,20H,8H2,(H,19,21). The molecular weight excluding hydrogens is 341 g/mol. The molecule has 0 unspecified atom stereocenters. The molecule has 0 bridgehead atoms. The fourth-order valence-electron chi connectivity index (χ4n) is 2.12. The van der Waals surface area contributed by atoms with Crippen LogP contribution in [0.2, 0.25) is 10.0 Å². The number of benzene rings is 2. The Hall–Kier alpha value is -1.75. The molecule has 0 spiro atoms. The van der Waals surface area contributed by atoms with Crippen LogP contribution in [0.5, 0.6) is 5.75 Å².